The summed E-state index contributed by atoms with van der Waals surface area (Å²) in [4.78, 5) is 21.1. The molecule has 2 nitrogen and oxygen atoms in total. The Bertz CT molecular complexity index is 445. The van der Waals surface area contributed by atoms with E-state index < -0.39 is 18.0 Å². The van der Waals surface area contributed by atoms with Crippen molar-refractivity contribution >= 4 is 12.1 Å². The zero-order chi connectivity index (χ0) is 13.1. The molecular formula is C14H14F2O2. The van der Waals surface area contributed by atoms with Crippen LogP contribution in [0.4, 0.5) is 8.78 Å². The molecule has 0 unspecified atom stereocenters. The molecule has 1 saturated carbocycles. The van der Waals surface area contributed by atoms with Crippen LogP contribution in [0.1, 0.15) is 47.5 Å². The van der Waals surface area contributed by atoms with Gasteiger partial charge in [0.2, 0.25) is 0 Å². The van der Waals surface area contributed by atoms with Crippen molar-refractivity contribution in [3.8, 4) is 0 Å². The SMILES string of the molecule is O=C(F)c1ccc(C2CCC(C(=O)F)CC2)cc1. The van der Waals surface area contributed by atoms with Crippen LogP contribution in [0.5, 0.6) is 0 Å². The molecule has 0 radical (unpaired) electrons. The minimum atomic E-state index is -1.44. The molecule has 1 aliphatic rings. The number of carbonyl (C=O) groups excluding carboxylic acids is 2. The maximum absolute atomic E-state index is 12.5. The van der Waals surface area contributed by atoms with E-state index in [1.807, 2.05) is 0 Å². The van der Waals surface area contributed by atoms with Crippen LogP contribution in [-0.2, 0) is 4.79 Å². The molecule has 0 aliphatic heterocycles. The normalized spacial score (nSPS) is 23.7. The maximum Gasteiger partial charge on any atom is 0.332 e. The Balaban J connectivity index is 2.01. The van der Waals surface area contributed by atoms with Gasteiger partial charge in [0.25, 0.3) is 0 Å². The standard InChI is InChI=1S/C14H14F2O2/c15-13(17)11-5-1-9(2-6-11)10-3-7-12(8-4-10)14(16)18/h1-2,5-6,10,12H,3-4,7-8H2. The Labute approximate surface area is 104 Å². The summed E-state index contributed by atoms with van der Waals surface area (Å²) in [6, 6.07) is 3.73. The van der Waals surface area contributed by atoms with Crippen LogP contribution in [0.25, 0.3) is 0 Å². The maximum atomic E-state index is 12.5. The molecule has 0 aromatic heterocycles. The van der Waals surface area contributed by atoms with Gasteiger partial charge in [0, 0.05) is 5.92 Å². The second-order valence-corrected chi connectivity index (χ2v) is 4.75. The summed E-state index contributed by atoms with van der Waals surface area (Å²) in [6.07, 6.45) is 2.63. The van der Waals surface area contributed by atoms with Gasteiger partial charge in [0.15, 0.2) is 0 Å². The first kappa shape index (κ1) is 12.9. The zero-order valence-electron chi connectivity index (χ0n) is 9.86. The van der Waals surface area contributed by atoms with Crippen LogP contribution in [0.3, 0.4) is 0 Å². The van der Waals surface area contributed by atoms with Crippen LogP contribution in [0.15, 0.2) is 24.3 Å². The molecule has 1 aliphatic carbocycles. The largest absolute Gasteiger partial charge is 0.332 e. The molecule has 0 atom stereocenters. The van der Waals surface area contributed by atoms with Gasteiger partial charge in [-0.2, -0.15) is 8.78 Å². The van der Waals surface area contributed by atoms with E-state index in [4.69, 9.17) is 0 Å². The summed E-state index contributed by atoms with van der Waals surface area (Å²) in [5.41, 5.74) is 1.07. The van der Waals surface area contributed by atoms with Crippen LogP contribution >= 0.6 is 0 Å². The quantitative estimate of drug-likeness (QED) is 0.771. The van der Waals surface area contributed by atoms with Crippen molar-refractivity contribution in [2.75, 3.05) is 0 Å². The molecule has 4 heteroatoms. The number of carbonyl (C=O) groups is 2. The number of benzene rings is 1. The van der Waals surface area contributed by atoms with Gasteiger partial charge in [-0.1, -0.05) is 12.1 Å². The molecule has 0 amide bonds. The minimum Gasteiger partial charge on any atom is -0.261 e. The van der Waals surface area contributed by atoms with Gasteiger partial charge in [0.05, 0.1) is 5.56 Å². The average Bonchev–Trinajstić information content (AvgIpc) is 2.39. The number of rotatable bonds is 3. The van der Waals surface area contributed by atoms with Crippen LogP contribution < -0.4 is 0 Å². The number of hydrogen-bond donors (Lipinski definition) is 0. The lowest BCUT2D eigenvalue weighted by Crippen LogP contribution is -2.18. The lowest BCUT2D eigenvalue weighted by molar-refractivity contribution is -0.134. The van der Waals surface area contributed by atoms with E-state index in [9.17, 15) is 18.4 Å². The van der Waals surface area contributed by atoms with E-state index in [0.29, 0.717) is 12.8 Å². The van der Waals surface area contributed by atoms with Gasteiger partial charge in [-0.3, -0.25) is 9.59 Å². The fourth-order valence-corrected chi connectivity index (χ4v) is 2.54. The molecule has 1 fully saturated rings. The highest BCUT2D eigenvalue weighted by Crippen LogP contribution is 2.36. The molecule has 2 rings (SSSR count). The average molecular weight is 252 g/mol. The first-order valence-corrected chi connectivity index (χ1v) is 6.07. The summed E-state index contributed by atoms with van der Waals surface area (Å²) in [5, 5.41) is 0. The van der Waals surface area contributed by atoms with E-state index in [1.165, 1.54) is 12.1 Å². The molecule has 0 spiro atoms. The van der Waals surface area contributed by atoms with Crippen molar-refractivity contribution < 1.29 is 18.4 Å². The fourth-order valence-electron chi connectivity index (χ4n) is 2.54. The molecule has 96 valence electrons. The van der Waals surface area contributed by atoms with Gasteiger partial charge in [-0.15, -0.1) is 0 Å². The zero-order valence-corrected chi connectivity index (χ0v) is 9.86. The smallest absolute Gasteiger partial charge is 0.261 e. The van der Waals surface area contributed by atoms with E-state index in [1.54, 1.807) is 12.1 Å². The van der Waals surface area contributed by atoms with Crippen molar-refractivity contribution in [2.24, 2.45) is 5.92 Å². The molecule has 0 N–H and O–H groups in total. The molecule has 0 bridgehead atoms. The topological polar surface area (TPSA) is 34.1 Å². The summed E-state index contributed by atoms with van der Waals surface area (Å²) < 4.78 is 25.0. The Kier molecular flexibility index (Phi) is 3.84. The third-order valence-corrected chi connectivity index (χ3v) is 3.66. The Hall–Kier alpha value is -1.58. The molecule has 1 aromatic carbocycles. The Morgan fingerprint density at radius 2 is 1.50 bits per heavy atom. The van der Waals surface area contributed by atoms with Crippen molar-refractivity contribution in [1.29, 1.82) is 0 Å². The Morgan fingerprint density at radius 1 is 0.944 bits per heavy atom. The monoisotopic (exact) mass is 252 g/mol. The van der Waals surface area contributed by atoms with E-state index in [-0.39, 0.29) is 11.5 Å². The second-order valence-electron chi connectivity index (χ2n) is 4.75. The highest BCUT2D eigenvalue weighted by atomic mass is 19.1. The van der Waals surface area contributed by atoms with Gasteiger partial charge in [-0.25, -0.2) is 0 Å². The van der Waals surface area contributed by atoms with E-state index in [2.05, 4.69) is 0 Å². The van der Waals surface area contributed by atoms with Gasteiger partial charge in [-0.05, 0) is 49.3 Å². The van der Waals surface area contributed by atoms with Crippen LogP contribution in [0, 0.1) is 5.92 Å². The number of halogens is 2. The van der Waals surface area contributed by atoms with Crippen molar-refractivity contribution in [3.05, 3.63) is 35.4 Å². The van der Waals surface area contributed by atoms with Gasteiger partial charge >= 0.3 is 12.1 Å². The van der Waals surface area contributed by atoms with E-state index >= 15 is 0 Å². The van der Waals surface area contributed by atoms with Crippen molar-refractivity contribution in [3.63, 3.8) is 0 Å². The van der Waals surface area contributed by atoms with Crippen molar-refractivity contribution in [1.82, 2.24) is 0 Å². The Morgan fingerprint density at radius 3 is 1.94 bits per heavy atom. The lowest BCUT2D eigenvalue weighted by atomic mass is 9.79. The highest BCUT2D eigenvalue weighted by Gasteiger charge is 2.26. The predicted molar refractivity (Wildman–Crippen MR) is 62.7 cm³/mol. The third-order valence-electron chi connectivity index (χ3n) is 3.66. The summed E-state index contributed by atoms with van der Waals surface area (Å²) in [6.45, 7) is 0. The molecule has 0 heterocycles. The second kappa shape index (κ2) is 5.38. The van der Waals surface area contributed by atoms with Gasteiger partial charge in [0.1, 0.15) is 0 Å². The fraction of sp³-hybridized carbons (Fsp3) is 0.429. The van der Waals surface area contributed by atoms with E-state index in [0.717, 1.165) is 18.4 Å². The first-order chi connectivity index (χ1) is 8.58. The number of hydrogen-bond acceptors (Lipinski definition) is 2. The highest BCUT2D eigenvalue weighted by molar-refractivity contribution is 5.88. The molecular weight excluding hydrogens is 238 g/mol. The molecule has 18 heavy (non-hydrogen) atoms. The minimum absolute atomic E-state index is 0.0476. The predicted octanol–water partition coefficient (Wildman–Crippen LogP) is 3.57. The molecule has 1 aromatic rings. The molecule has 0 saturated heterocycles. The summed E-state index contributed by atoms with van der Waals surface area (Å²) in [5.74, 6) is -0.183. The third kappa shape index (κ3) is 2.81. The van der Waals surface area contributed by atoms with Crippen LogP contribution in [0.2, 0.25) is 0 Å². The van der Waals surface area contributed by atoms with Crippen molar-refractivity contribution in [2.45, 2.75) is 31.6 Å². The lowest BCUT2D eigenvalue weighted by Gasteiger charge is -2.26. The summed E-state index contributed by atoms with van der Waals surface area (Å²) >= 11 is 0. The van der Waals surface area contributed by atoms with Crippen LogP contribution in [-0.4, -0.2) is 12.1 Å². The summed E-state index contributed by atoms with van der Waals surface area (Å²) in [7, 11) is 0. The first-order valence-electron chi connectivity index (χ1n) is 6.07. The van der Waals surface area contributed by atoms with Gasteiger partial charge < -0.3 is 0 Å².